The van der Waals surface area contributed by atoms with Gasteiger partial charge in [0.1, 0.15) is 10.6 Å². The lowest BCUT2D eigenvalue weighted by Gasteiger charge is -2.24. The maximum absolute atomic E-state index is 12.0. The van der Waals surface area contributed by atoms with Gasteiger partial charge in [-0.3, -0.25) is 0 Å². The molecule has 2 aromatic carbocycles. The SMILES string of the molecule is C=C(/C=C\c1c(C)ccc(-c2c(C3CCCCC3)c3sc(C(=O)O)cc3n2CCC)c1C)c1ccc(OC)cc1. The van der Waals surface area contributed by atoms with Crippen molar-refractivity contribution in [2.75, 3.05) is 7.11 Å². The Balaban J connectivity index is 1.65. The van der Waals surface area contributed by atoms with Gasteiger partial charge in [-0.25, -0.2) is 4.79 Å². The predicted molar refractivity (Wildman–Crippen MR) is 169 cm³/mol. The van der Waals surface area contributed by atoms with Crippen molar-refractivity contribution in [2.24, 2.45) is 0 Å². The number of carboxylic acid groups (broad SMARTS) is 1. The van der Waals surface area contributed by atoms with Crippen molar-refractivity contribution < 1.29 is 14.6 Å². The van der Waals surface area contributed by atoms with Crippen molar-refractivity contribution in [3.8, 4) is 17.0 Å². The van der Waals surface area contributed by atoms with Gasteiger partial charge in [0.15, 0.2) is 0 Å². The number of aryl methyl sites for hydroxylation is 2. The van der Waals surface area contributed by atoms with Gasteiger partial charge in [0.05, 0.1) is 23.0 Å². The number of methoxy groups -OCH3 is 1. The average Bonchev–Trinajstić information content (AvgIpc) is 3.52. The van der Waals surface area contributed by atoms with Crippen LogP contribution in [-0.2, 0) is 6.54 Å². The van der Waals surface area contributed by atoms with E-state index in [1.807, 2.05) is 30.3 Å². The molecule has 1 fully saturated rings. The molecule has 5 heteroatoms. The highest BCUT2D eigenvalue weighted by Gasteiger charge is 2.29. The molecule has 4 aromatic rings. The van der Waals surface area contributed by atoms with Gasteiger partial charge in [0, 0.05) is 12.1 Å². The van der Waals surface area contributed by atoms with Crippen LogP contribution in [0.4, 0.5) is 0 Å². The molecule has 0 saturated heterocycles. The topological polar surface area (TPSA) is 51.5 Å². The Labute approximate surface area is 241 Å². The van der Waals surface area contributed by atoms with Gasteiger partial charge in [-0.2, -0.15) is 0 Å². The van der Waals surface area contributed by atoms with Crippen LogP contribution in [0.3, 0.4) is 0 Å². The molecule has 208 valence electrons. The first kappa shape index (κ1) is 28.0. The monoisotopic (exact) mass is 553 g/mol. The number of allylic oxidation sites excluding steroid dienone is 2. The molecular formula is C35H39NO3S. The largest absolute Gasteiger partial charge is 0.497 e. The van der Waals surface area contributed by atoms with Crippen molar-refractivity contribution in [1.29, 1.82) is 0 Å². The minimum Gasteiger partial charge on any atom is -0.497 e. The molecule has 2 aromatic heterocycles. The van der Waals surface area contributed by atoms with Gasteiger partial charge >= 0.3 is 5.97 Å². The van der Waals surface area contributed by atoms with E-state index in [0.717, 1.165) is 52.9 Å². The standard InChI is InChI=1S/C35H39NO3S/c1-6-20-36-30-21-31(35(37)38)40-34(30)32(26-10-8-7-9-11-26)33(36)29-19-13-23(3)28(24(29)4)18-12-22(2)25-14-16-27(39-5)17-15-25/h12-19,21,26H,2,6-11,20H2,1,3-5H3,(H,37,38)/b18-12-. The third-order valence-electron chi connectivity index (χ3n) is 8.34. The van der Waals surface area contributed by atoms with Crippen molar-refractivity contribution in [3.05, 3.63) is 87.8 Å². The summed E-state index contributed by atoms with van der Waals surface area (Å²) in [6, 6.07) is 14.4. The zero-order valence-corrected chi connectivity index (χ0v) is 24.9. The Morgan fingerprint density at radius 3 is 2.50 bits per heavy atom. The minimum atomic E-state index is -0.837. The number of aromatic carboxylic acids is 1. The summed E-state index contributed by atoms with van der Waals surface area (Å²) < 4.78 is 8.87. The summed E-state index contributed by atoms with van der Waals surface area (Å²) in [6.45, 7) is 11.8. The molecule has 1 saturated carbocycles. The number of ether oxygens (including phenoxy) is 1. The second-order valence-electron chi connectivity index (χ2n) is 10.9. The lowest BCUT2D eigenvalue weighted by Crippen LogP contribution is -2.08. The van der Waals surface area contributed by atoms with Crippen LogP contribution >= 0.6 is 11.3 Å². The Morgan fingerprint density at radius 2 is 1.85 bits per heavy atom. The third kappa shape index (κ3) is 5.27. The fourth-order valence-corrected chi connectivity index (χ4v) is 7.36. The summed E-state index contributed by atoms with van der Waals surface area (Å²) in [4.78, 5) is 12.4. The second kappa shape index (κ2) is 11.9. The van der Waals surface area contributed by atoms with E-state index >= 15 is 0 Å². The van der Waals surface area contributed by atoms with Crippen LogP contribution in [0.15, 0.2) is 55.1 Å². The maximum atomic E-state index is 12.0. The third-order valence-corrected chi connectivity index (χ3v) is 9.49. The van der Waals surface area contributed by atoms with Gasteiger partial charge < -0.3 is 14.4 Å². The number of thiophene rings is 1. The van der Waals surface area contributed by atoms with Crippen LogP contribution in [-0.4, -0.2) is 22.8 Å². The van der Waals surface area contributed by atoms with Gasteiger partial charge in [-0.15, -0.1) is 11.3 Å². The van der Waals surface area contributed by atoms with Crippen molar-refractivity contribution in [2.45, 2.75) is 71.8 Å². The van der Waals surface area contributed by atoms with Gasteiger partial charge in [-0.05, 0) is 90.6 Å². The maximum Gasteiger partial charge on any atom is 0.345 e. The minimum absolute atomic E-state index is 0.430. The van der Waals surface area contributed by atoms with E-state index in [9.17, 15) is 9.90 Å². The summed E-state index contributed by atoms with van der Waals surface area (Å²) in [7, 11) is 1.67. The molecule has 0 bridgehead atoms. The van der Waals surface area contributed by atoms with E-state index in [1.165, 1.54) is 64.1 Å². The fourth-order valence-electron chi connectivity index (χ4n) is 6.23. The van der Waals surface area contributed by atoms with E-state index in [4.69, 9.17) is 4.74 Å². The smallest absolute Gasteiger partial charge is 0.345 e. The number of nitrogens with zero attached hydrogens (tertiary/aromatic N) is 1. The molecule has 1 aliphatic carbocycles. The predicted octanol–water partition coefficient (Wildman–Crippen LogP) is 9.88. The summed E-state index contributed by atoms with van der Waals surface area (Å²) >= 11 is 1.45. The Kier molecular flexibility index (Phi) is 8.32. The molecule has 40 heavy (non-hydrogen) atoms. The second-order valence-corrected chi connectivity index (χ2v) is 12.0. The molecule has 0 spiro atoms. The van der Waals surface area contributed by atoms with Crippen LogP contribution in [0.2, 0.25) is 0 Å². The first-order valence-electron chi connectivity index (χ1n) is 14.3. The van der Waals surface area contributed by atoms with Gasteiger partial charge in [0.25, 0.3) is 0 Å². The lowest BCUT2D eigenvalue weighted by atomic mass is 9.82. The van der Waals surface area contributed by atoms with E-state index in [1.54, 1.807) is 7.11 Å². The summed E-state index contributed by atoms with van der Waals surface area (Å²) in [5.41, 5.74) is 10.7. The van der Waals surface area contributed by atoms with Crippen molar-refractivity contribution >= 4 is 39.2 Å². The van der Waals surface area contributed by atoms with Crippen LogP contribution in [0.5, 0.6) is 5.75 Å². The van der Waals surface area contributed by atoms with Crippen molar-refractivity contribution in [3.63, 3.8) is 0 Å². The Morgan fingerprint density at radius 1 is 1.12 bits per heavy atom. The average molecular weight is 554 g/mol. The molecule has 1 N–H and O–H groups in total. The molecule has 0 atom stereocenters. The zero-order valence-electron chi connectivity index (χ0n) is 24.0. The fraction of sp³-hybridized carbons (Fsp3) is 0.343. The number of carboxylic acids is 1. The van der Waals surface area contributed by atoms with E-state index in [0.29, 0.717) is 10.8 Å². The molecule has 0 radical (unpaired) electrons. The van der Waals surface area contributed by atoms with E-state index in [-0.39, 0.29) is 0 Å². The molecule has 0 unspecified atom stereocenters. The number of hydrogen-bond donors (Lipinski definition) is 1. The molecule has 1 aliphatic rings. The van der Waals surface area contributed by atoms with Crippen molar-refractivity contribution in [1.82, 2.24) is 4.57 Å². The highest BCUT2D eigenvalue weighted by molar-refractivity contribution is 7.21. The van der Waals surface area contributed by atoms with Gasteiger partial charge in [0.2, 0.25) is 0 Å². The van der Waals surface area contributed by atoms with Crippen LogP contribution in [0.25, 0.3) is 33.1 Å². The van der Waals surface area contributed by atoms with Crippen LogP contribution in [0.1, 0.15) is 88.9 Å². The number of hydrogen-bond acceptors (Lipinski definition) is 3. The molecule has 0 aliphatic heterocycles. The van der Waals surface area contributed by atoms with E-state index < -0.39 is 5.97 Å². The van der Waals surface area contributed by atoms with E-state index in [2.05, 4.69) is 56.2 Å². The number of fused-ring (bicyclic) bond motifs is 1. The lowest BCUT2D eigenvalue weighted by molar-refractivity contribution is 0.0702. The highest BCUT2D eigenvalue weighted by atomic mass is 32.1. The normalized spacial score (nSPS) is 14.3. The molecule has 0 amide bonds. The summed E-state index contributed by atoms with van der Waals surface area (Å²) in [5.74, 6) is 0.453. The number of aromatic nitrogens is 1. The molecular weight excluding hydrogens is 514 g/mol. The van der Waals surface area contributed by atoms with Crippen LogP contribution < -0.4 is 4.74 Å². The quantitative estimate of drug-likeness (QED) is 0.210. The molecule has 4 nitrogen and oxygen atoms in total. The molecule has 5 rings (SSSR count). The first-order valence-corrected chi connectivity index (χ1v) is 15.2. The number of rotatable bonds is 9. The Bertz CT molecular complexity index is 1580. The number of benzene rings is 2. The zero-order chi connectivity index (χ0) is 28.4. The number of carbonyl (C=O) groups is 1. The molecule has 2 heterocycles. The highest BCUT2D eigenvalue weighted by Crippen LogP contribution is 2.48. The first-order chi connectivity index (χ1) is 19.3. The Hall–Kier alpha value is -3.57. The summed E-state index contributed by atoms with van der Waals surface area (Å²) in [5, 5.41) is 9.82. The van der Waals surface area contributed by atoms with Crippen LogP contribution in [0, 0.1) is 13.8 Å². The van der Waals surface area contributed by atoms with Gasteiger partial charge in [-0.1, -0.05) is 69.2 Å². The summed E-state index contributed by atoms with van der Waals surface area (Å²) in [6.07, 6.45) is 11.4.